The van der Waals surface area contributed by atoms with Gasteiger partial charge in [0.05, 0.1) is 23.8 Å². The Hall–Kier alpha value is -2.19. The molecule has 0 amide bonds. The summed E-state index contributed by atoms with van der Waals surface area (Å²) < 4.78 is 42.5. The average Bonchev–Trinajstić information content (AvgIpc) is 3.04. The number of rotatable bonds is 4. The largest absolute Gasteiger partial charge is 0.301 e. The molecule has 0 N–H and O–H groups in total. The van der Waals surface area contributed by atoms with Gasteiger partial charge in [-0.2, -0.15) is 5.10 Å². The van der Waals surface area contributed by atoms with Crippen molar-refractivity contribution in [1.29, 1.82) is 0 Å². The third-order valence-corrected chi connectivity index (χ3v) is 5.07. The van der Waals surface area contributed by atoms with E-state index < -0.39 is 11.7 Å². The highest BCUT2D eigenvalue weighted by atomic mass is 35.5. The molecule has 0 radical (unpaired) electrons. The third-order valence-electron chi connectivity index (χ3n) is 4.84. The second-order valence-electron chi connectivity index (χ2n) is 6.65. The summed E-state index contributed by atoms with van der Waals surface area (Å²) >= 11 is 5.82. The van der Waals surface area contributed by atoms with Crippen LogP contribution >= 0.6 is 11.6 Å². The number of nitrogens with zero attached hydrogens (tertiary/aromatic N) is 5. The molecule has 0 spiro atoms. The molecule has 27 heavy (non-hydrogen) atoms. The quantitative estimate of drug-likeness (QED) is 0.669. The van der Waals surface area contributed by atoms with E-state index in [4.69, 9.17) is 11.6 Å². The smallest absolute Gasteiger partial charge is 0.250 e. The second kappa shape index (κ2) is 7.09. The van der Waals surface area contributed by atoms with Crippen molar-refractivity contribution in [2.45, 2.75) is 25.3 Å². The van der Waals surface area contributed by atoms with Crippen LogP contribution in [0.3, 0.4) is 0 Å². The van der Waals surface area contributed by atoms with E-state index in [-0.39, 0.29) is 12.8 Å². The summed E-state index contributed by atoms with van der Waals surface area (Å²) in [5.41, 5.74) is 1.35. The number of hydrogen-bond donors (Lipinski definition) is 0. The molecule has 3 heterocycles. The Bertz CT molecular complexity index is 965. The number of likely N-dealkylation sites (tertiary alicyclic amines) is 1. The zero-order valence-corrected chi connectivity index (χ0v) is 15.1. The number of fused-ring (bicyclic) bond motifs is 1. The first-order chi connectivity index (χ1) is 12.9. The zero-order valence-electron chi connectivity index (χ0n) is 14.4. The Balaban J connectivity index is 1.56. The summed E-state index contributed by atoms with van der Waals surface area (Å²) in [4.78, 5) is 10.5. The van der Waals surface area contributed by atoms with Crippen molar-refractivity contribution in [3.8, 4) is 11.3 Å². The molecule has 1 aliphatic rings. The van der Waals surface area contributed by atoms with Gasteiger partial charge in [0.2, 0.25) is 0 Å². The fourth-order valence-electron chi connectivity index (χ4n) is 3.29. The van der Waals surface area contributed by atoms with Crippen LogP contribution < -0.4 is 0 Å². The Morgan fingerprint density at radius 1 is 1.11 bits per heavy atom. The van der Waals surface area contributed by atoms with Crippen molar-refractivity contribution in [2.24, 2.45) is 0 Å². The molecule has 2 aromatic heterocycles. The van der Waals surface area contributed by atoms with E-state index in [9.17, 15) is 13.2 Å². The lowest BCUT2D eigenvalue weighted by atomic mass is 10.1. The molecule has 0 saturated carbocycles. The van der Waals surface area contributed by atoms with Crippen molar-refractivity contribution in [3.05, 3.63) is 41.6 Å². The molecule has 1 aliphatic heterocycles. The van der Waals surface area contributed by atoms with Gasteiger partial charge in [-0.3, -0.25) is 0 Å². The van der Waals surface area contributed by atoms with E-state index in [1.807, 2.05) is 4.90 Å². The van der Waals surface area contributed by atoms with Gasteiger partial charge in [-0.05, 0) is 18.2 Å². The van der Waals surface area contributed by atoms with Crippen LogP contribution in [0.4, 0.5) is 13.2 Å². The summed E-state index contributed by atoms with van der Waals surface area (Å²) in [6.45, 7) is 1.83. The lowest BCUT2D eigenvalue weighted by Crippen LogP contribution is -2.40. The zero-order chi connectivity index (χ0) is 19.0. The molecule has 9 heteroatoms. The van der Waals surface area contributed by atoms with Crippen molar-refractivity contribution >= 4 is 22.6 Å². The molecule has 4 rings (SSSR count). The number of alkyl halides is 2. The van der Waals surface area contributed by atoms with Gasteiger partial charge in [-0.25, -0.2) is 27.8 Å². The summed E-state index contributed by atoms with van der Waals surface area (Å²) in [6.07, 6.45) is 2.73. The number of aromatic nitrogens is 4. The van der Waals surface area contributed by atoms with E-state index in [1.54, 1.807) is 23.0 Å². The topological polar surface area (TPSA) is 46.8 Å². The SMILES string of the molecule is Fc1cc(Cl)ccc1-c1ncnc2c1cnn2CCN1CCC(F)(F)CC1. The van der Waals surface area contributed by atoms with E-state index in [1.165, 1.54) is 12.4 Å². The van der Waals surface area contributed by atoms with E-state index in [2.05, 4.69) is 15.1 Å². The molecule has 5 nitrogen and oxygen atoms in total. The van der Waals surface area contributed by atoms with Crippen molar-refractivity contribution in [2.75, 3.05) is 19.6 Å². The fraction of sp³-hybridized carbons (Fsp3) is 0.389. The summed E-state index contributed by atoms with van der Waals surface area (Å²) in [5, 5.41) is 5.27. The molecular weight excluding hydrogens is 379 g/mol. The molecule has 0 unspecified atom stereocenters. The van der Waals surface area contributed by atoms with Crippen LogP contribution in [0.25, 0.3) is 22.3 Å². The van der Waals surface area contributed by atoms with Gasteiger partial charge in [0, 0.05) is 43.1 Å². The number of halogens is 4. The lowest BCUT2D eigenvalue weighted by molar-refractivity contribution is -0.0555. The number of piperidine rings is 1. The summed E-state index contributed by atoms with van der Waals surface area (Å²) in [7, 11) is 0. The van der Waals surface area contributed by atoms with E-state index >= 15 is 0 Å². The number of benzene rings is 1. The van der Waals surface area contributed by atoms with E-state index in [0.29, 0.717) is 53.5 Å². The maximum absolute atomic E-state index is 14.3. The highest BCUT2D eigenvalue weighted by Gasteiger charge is 2.33. The normalized spacial score (nSPS) is 17.5. The maximum Gasteiger partial charge on any atom is 0.250 e. The monoisotopic (exact) mass is 395 g/mol. The minimum absolute atomic E-state index is 0.116. The van der Waals surface area contributed by atoms with Gasteiger partial charge in [0.15, 0.2) is 5.65 Å². The van der Waals surface area contributed by atoms with Gasteiger partial charge in [0.25, 0.3) is 5.92 Å². The highest BCUT2D eigenvalue weighted by molar-refractivity contribution is 6.30. The van der Waals surface area contributed by atoms with Crippen LogP contribution in [0.15, 0.2) is 30.7 Å². The third kappa shape index (κ3) is 3.77. The molecule has 0 atom stereocenters. The summed E-state index contributed by atoms with van der Waals surface area (Å²) in [5.74, 6) is -3.02. The van der Waals surface area contributed by atoms with Gasteiger partial charge >= 0.3 is 0 Å². The Kier molecular flexibility index (Phi) is 4.77. The first-order valence-corrected chi connectivity index (χ1v) is 9.03. The first-order valence-electron chi connectivity index (χ1n) is 8.65. The molecule has 0 aliphatic carbocycles. The fourth-order valence-corrected chi connectivity index (χ4v) is 3.45. The minimum Gasteiger partial charge on any atom is -0.301 e. The minimum atomic E-state index is -2.56. The molecular formula is C18H17ClF3N5. The highest BCUT2D eigenvalue weighted by Crippen LogP contribution is 2.29. The van der Waals surface area contributed by atoms with Crippen molar-refractivity contribution < 1.29 is 13.2 Å². The Morgan fingerprint density at radius 2 is 1.89 bits per heavy atom. The van der Waals surface area contributed by atoms with Gasteiger partial charge in [-0.1, -0.05) is 11.6 Å². The van der Waals surface area contributed by atoms with Crippen LogP contribution in [-0.4, -0.2) is 50.2 Å². The van der Waals surface area contributed by atoms with Gasteiger partial charge < -0.3 is 4.90 Å². The van der Waals surface area contributed by atoms with Gasteiger partial charge in [0.1, 0.15) is 12.1 Å². The van der Waals surface area contributed by atoms with Crippen LogP contribution in [0.1, 0.15) is 12.8 Å². The molecule has 0 bridgehead atoms. The lowest BCUT2D eigenvalue weighted by Gasteiger charge is -2.31. The predicted octanol–water partition coefficient (Wildman–Crippen LogP) is 4.02. The predicted molar refractivity (Wildman–Crippen MR) is 96.3 cm³/mol. The van der Waals surface area contributed by atoms with Crippen LogP contribution in [0.5, 0.6) is 0 Å². The summed E-state index contributed by atoms with van der Waals surface area (Å²) in [6, 6.07) is 4.41. The Morgan fingerprint density at radius 3 is 2.63 bits per heavy atom. The second-order valence-corrected chi connectivity index (χ2v) is 7.09. The molecule has 1 saturated heterocycles. The first kappa shape index (κ1) is 18.2. The number of hydrogen-bond acceptors (Lipinski definition) is 4. The van der Waals surface area contributed by atoms with Crippen molar-refractivity contribution in [1.82, 2.24) is 24.6 Å². The van der Waals surface area contributed by atoms with Crippen LogP contribution in [-0.2, 0) is 6.54 Å². The molecule has 142 valence electrons. The van der Waals surface area contributed by atoms with Crippen LogP contribution in [0.2, 0.25) is 5.02 Å². The van der Waals surface area contributed by atoms with Crippen LogP contribution in [0, 0.1) is 5.82 Å². The molecule has 1 fully saturated rings. The Labute approximate surface area is 158 Å². The molecule has 3 aromatic rings. The van der Waals surface area contributed by atoms with E-state index in [0.717, 1.165) is 0 Å². The standard InChI is InChI=1S/C18H17ClF3N5/c19-12-1-2-13(15(20)9-12)16-14-10-25-27(17(14)24-11-23-16)8-7-26-5-3-18(21,22)4-6-26/h1-2,9-11H,3-8H2. The average molecular weight is 396 g/mol. The van der Waals surface area contributed by atoms with Crippen molar-refractivity contribution in [3.63, 3.8) is 0 Å². The maximum atomic E-state index is 14.3. The molecule has 1 aromatic carbocycles. The van der Waals surface area contributed by atoms with Gasteiger partial charge in [-0.15, -0.1) is 0 Å².